The Morgan fingerprint density at radius 1 is 0.326 bits per heavy atom. The van der Waals surface area contributed by atoms with Gasteiger partial charge in [-0.2, -0.15) is 0 Å². The van der Waals surface area contributed by atoms with Crippen LogP contribution in [-0.4, -0.2) is 0 Å². The van der Waals surface area contributed by atoms with E-state index in [1.54, 1.807) is 0 Å². The Bertz CT molecular complexity index is 1840. The summed E-state index contributed by atoms with van der Waals surface area (Å²) >= 11 is 6.07. The Hall–Kier alpha value is -5.31. The maximum Gasteiger partial charge on any atom is 0.134 e. The zero-order valence-electron chi connectivity index (χ0n) is 23.4. The van der Waals surface area contributed by atoms with Crippen LogP contribution in [0.3, 0.4) is 0 Å². The molecule has 1 aromatic heterocycles. The third-order valence-electron chi connectivity index (χ3n) is 7.61. The van der Waals surface area contributed by atoms with Crippen LogP contribution >= 0.6 is 11.6 Å². The summed E-state index contributed by atoms with van der Waals surface area (Å²) in [5.41, 5.74) is 10.0. The van der Waals surface area contributed by atoms with Gasteiger partial charge in [-0.15, -0.1) is 0 Å². The van der Waals surface area contributed by atoms with Crippen molar-refractivity contribution in [2.45, 2.75) is 0 Å². The van der Waals surface area contributed by atoms with Gasteiger partial charge in [0.2, 0.25) is 0 Å². The summed E-state index contributed by atoms with van der Waals surface area (Å²) in [6.07, 6.45) is 0. The molecule has 0 spiro atoms. The lowest BCUT2D eigenvalue weighted by atomic mass is 10.0. The molecule has 7 aromatic rings. The Kier molecular flexibility index (Phi) is 7.35. The van der Waals surface area contributed by atoms with Crippen molar-refractivity contribution in [2.75, 3.05) is 4.90 Å². The molecule has 0 atom stereocenters. The van der Waals surface area contributed by atoms with Crippen molar-refractivity contribution < 1.29 is 4.42 Å². The summed E-state index contributed by atoms with van der Waals surface area (Å²) in [5, 5.41) is 0.708. The van der Waals surface area contributed by atoms with Crippen LogP contribution < -0.4 is 4.90 Å². The lowest BCUT2D eigenvalue weighted by Crippen LogP contribution is -2.09. The Morgan fingerprint density at radius 3 is 1.05 bits per heavy atom. The van der Waals surface area contributed by atoms with Gasteiger partial charge in [0.1, 0.15) is 11.5 Å². The van der Waals surface area contributed by atoms with E-state index in [9.17, 15) is 0 Å². The van der Waals surface area contributed by atoms with Gasteiger partial charge in [0, 0.05) is 33.2 Å². The van der Waals surface area contributed by atoms with Crippen LogP contribution in [-0.2, 0) is 0 Å². The Labute approximate surface area is 257 Å². The quantitative estimate of drug-likeness (QED) is 0.188. The maximum absolute atomic E-state index is 6.22. The van der Waals surface area contributed by atoms with Gasteiger partial charge in [0.25, 0.3) is 0 Å². The monoisotopic (exact) mass is 573 g/mol. The smallest absolute Gasteiger partial charge is 0.134 e. The number of nitrogens with zero attached hydrogens (tertiary/aromatic N) is 1. The first kappa shape index (κ1) is 26.6. The lowest BCUT2D eigenvalue weighted by molar-refractivity contribution is 0.597. The van der Waals surface area contributed by atoms with Crippen molar-refractivity contribution in [3.8, 4) is 44.9 Å². The van der Waals surface area contributed by atoms with Gasteiger partial charge in [-0.3, -0.25) is 0 Å². The standard InChI is InChI=1S/C40H28ClNO/c41-35-19-11-33(12-20-35)39-27-28-40(43-39)34-17-25-38(26-18-34)42(36-21-13-31(14-22-36)29-7-3-1-4-8-29)37-23-15-32(16-24-37)30-9-5-2-6-10-30/h1-28H. The molecule has 0 unspecified atom stereocenters. The average molecular weight is 574 g/mol. The van der Waals surface area contributed by atoms with Gasteiger partial charge in [0.15, 0.2) is 0 Å². The van der Waals surface area contributed by atoms with E-state index in [2.05, 4.69) is 126 Å². The Balaban J connectivity index is 1.22. The molecule has 3 heteroatoms. The van der Waals surface area contributed by atoms with Crippen LogP contribution in [0.2, 0.25) is 5.02 Å². The number of anilines is 3. The third kappa shape index (κ3) is 5.74. The van der Waals surface area contributed by atoms with E-state index in [0.29, 0.717) is 5.02 Å². The average Bonchev–Trinajstić information content (AvgIpc) is 3.58. The fourth-order valence-corrected chi connectivity index (χ4v) is 5.48. The molecule has 43 heavy (non-hydrogen) atoms. The first-order chi connectivity index (χ1) is 21.2. The van der Waals surface area contributed by atoms with Crippen LogP contribution in [0.1, 0.15) is 0 Å². The molecule has 6 aromatic carbocycles. The molecule has 0 N–H and O–H groups in total. The van der Waals surface area contributed by atoms with Gasteiger partial charge in [0.05, 0.1) is 0 Å². The highest BCUT2D eigenvalue weighted by Gasteiger charge is 2.15. The van der Waals surface area contributed by atoms with Crippen LogP contribution in [0.5, 0.6) is 0 Å². The molecule has 0 saturated carbocycles. The van der Waals surface area contributed by atoms with E-state index < -0.39 is 0 Å². The largest absolute Gasteiger partial charge is 0.456 e. The molecule has 1 heterocycles. The highest BCUT2D eigenvalue weighted by atomic mass is 35.5. The highest BCUT2D eigenvalue weighted by Crippen LogP contribution is 2.38. The molecule has 0 bridgehead atoms. The van der Waals surface area contributed by atoms with Crippen molar-refractivity contribution in [3.63, 3.8) is 0 Å². The summed E-state index contributed by atoms with van der Waals surface area (Å²) in [6, 6.07) is 58.7. The second kappa shape index (κ2) is 11.9. The lowest BCUT2D eigenvalue weighted by Gasteiger charge is -2.26. The molecule has 0 aliphatic carbocycles. The zero-order valence-corrected chi connectivity index (χ0v) is 24.2. The van der Waals surface area contributed by atoms with Crippen molar-refractivity contribution in [3.05, 3.63) is 175 Å². The van der Waals surface area contributed by atoms with E-state index in [1.807, 2.05) is 48.5 Å². The molecular weight excluding hydrogens is 546 g/mol. The molecule has 0 fully saturated rings. The molecule has 7 rings (SSSR count). The minimum atomic E-state index is 0.708. The number of rotatable bonds is 7. The Morgan fingerprint density at radius 2 is 0.651 bits per heavy atom. The third-order valence-corrected chi connectivity index (χ3v) is 7.86. The molecule has 206 valence electrons. The van der Waals surface area contributed by atoms with E-state index in [-0.39, 0.29) is 0 Å². The number of hydrogen-bond acceptors (Lipinski definition) is 2. The van der Waals surface area contributed by atoms with Crippen molar-refractivity contribution in [1.29, 1.82) is 0 Å². The van der Waals surface area contributed by atoms with E-state index in [1.165, 1.54) is 22.3 Å². The molecular formula is C40H28ClNO. The van der Waals surface area contributed by atoms with Crippen LogP contribution in [0, 0.1) is 0 Å². The summed E-state index contributed by atoms with van der Waals surface area (Å²) < 4.78 is 6.22. The molecule has 0 amide bonds. The summed E-state index contributed by atoms with van der Waals surface area (Å²) in [6.45, 7) is 0. The van der Waals surface area contributed by atoms with Gasteiger partial charge >= 0.3 is 0 Å². The fourth-order valence-electron chi connectivity index (χ4n) is 5.35. The van der Waals surface area contributed by atoms with Crippen molar-refractivity contribution in [2.24, 2.45) is 0 Å². The summed E-state index contributed by atoms with van der Waals surface area (Å²) in [7, 11) is 0. The van der Waals surface area contributed by atoms with Gasteiger partial charge in [-0.05, 0) is 107 Å². The number of benzene rings is 6. The topological polar surface area (TPSA) is 16.4 Å². The minimum absolute atomic E-state index is 0.708. The zero-order chi connectivity index (χ0) is 29.0. The number of hydrogen-bond donors (Lipinski definition) is 0. The van der Waals surface area contributed by atoms with Gasteiger partial charge in [-0.25, -0.2) is 0 Å². The van der Waals surface area contributed by atoms with Gasteiger partial charge < -0.3 is 9.32 Å². The molecule has 0 radical (unpaired) electrons. The fraction of sp³-hybridized carbons (Fsp3) is 0. The van der Waals surface area contributed by atoms with Crippen LogP contribution in [0.4, 0.5) is 17.1 Å². The predicted octanol–water partition coefficient (Wildman–Crippen LogP) is 12.1. The van der Waals surface area contributed by atoms with Crippen molar-refractivity contribution >= 4 is 28.7 Å². The normalized spacial score (nSPS) is 10.9. The number of halogens is 1. The molecule has 0 aliphatic heterocycles. The molecule has 0 saturated heterocycles. The second-order valence-corrected chi connectivity index (χ2v) is 10.8. The van der Waals surface area contributed by atoms with E-state index in [4.69, 9.17) is 16.0 Å². The second-order valence-electron chi connectivity index (χ2n) is 10.4. The molecule has 2 nitrogen and oxygen atoms in total. The first-order valence-corrected chi connectivity index (χ1v) is 14.7. The van der Waals surface area contributed by atoms with Crippen molar-refractivity contribution in [1.82, 2.24) is 0 Å². The highest BCUT2D eigenvalue weighted by molar-refractivity contribution is 6.30. The van der Waals surface area contributed by atoms with E-state index in [0.717, 1.165) is 39.7 Å². The predicted molar refractivity (Wildman–Crippen MR) is 180 cm³/mol. The van der Waals surface area contributed by atoms with Gasteiger partial charge in [-0.1, -0.05) is 96.5 Å². The number of furan rings is 1. The minimum Gasteiger partial charge on any atom is -0.456 e. The molecule has 0 aliphatic rings. The maximum atomic E-state index is 6.22. The SMILES string of the molecule is Clc1ccc(-c2ccc(-c3ccc(N(c4ccc(-c5ccccc5)cc4)c4ccc(-c5ccccc5)cc4)cc3)o2)cc1. The van der Waals surface area contributed by atoms with Crippen LogP contribution in [0.15, 0.2) is 174 Å². The van der Waals surface area contributed by atoms with Crippen LogP contribution in [0.25, 0.3) is 44.9 Å². The first-order valence-electron chi connectivity index (χ1n) is 14.3. The summed E-state index contributed by atoms with van der Waals surface area (Å²) in [5.74, 6) is 1.64. The summed E-state index contributed by atoms with van der Waals surface area (Å²) in [4.78, 5) is 2.29. The van der Waals surface area contributed by atoms with E-state index >= 15 is 0 Å².